The van der Waals surface area contributed by atoms with Crippen molar-refractivity contribution in [2.24, 2.45) is 0 Å². The van der Waals surface area contributed by atoms with Crippen LogP contribution in [0.15, 0.2) is 35.2 Å². The van der Waals surface area contributed by atoms with Gasteiger partial charge in [0, 0.05) is 36.9 Å². The average molecular weight is 393 g/mol. The van der Waals surface area contributed by atoms with Crippen LogP contribution in [0.25, 0.3) is 0 Å². The summed E-state index contributed by atoms with van der Waals surface area (Å²) >= 11 is 6.12. The Kier molecular flexibility index (Phi) is 5.33. The summed E-state index contributed by atoms with van der Waals surface area (Å²) in [5, 5.41) is 0.598. The Balaban J connectivity index is 1.82. The molecule has 1 heterocycles. The van der Waals surface area contributed by atoms with Crippen LogP contribution in [0, 0.1) is 27.7 Å². The van der Waals surface area contributed by atoms with Crippen LogP contribution in [0.3, 0.4) is 0 Å². The highest BCUT2D eigenvalue weighted by molar-refractivity contribution is 7.89. The molecule has 0 N–H and O–H groups in total. The summed E-state index contributed by atoms with van der Waals surface area (Å²) in [6, 6.07) is 9.68. The molecular formula is C20H25ClN2O2S. The van der Waals surface area contributed by atoms with Crippen molar-refractivity contribution in [3.63, 3.8) is 0 Å². The van der Waals surface area contributed by atoms with Crippen molar-refractivity contribution in [3.8, 4) is 0 Å². The van der Waals surface area contributed by atoms with Crippen LogP contribution in [0.4, 0.5) is 5.69 Å². The molecule has 6 heteroatoms. The first-order valence-corrected chi connectivity index (χ1v) is 10.6. The van der Waals surface area contributed by atoms with E-state index >= 15 is 0 Å². The van der Waals surface area contributed by atoms with Crippen LogP contribution in [0.5, 0.6) is 0 Å². The van der Waals surface area contributed by atoms with Crippen LogP contribution in [0.1, 0.15) is 22.3 Å². The maximum Gasteiger partial charge on any atom is 0.243 e. The number of rotatable bonds is 3. The van der Waals surface area contributed by atoms with E-state index < -0.39 is 10.0 Å². The summed E-state index contributed by atoms with van der Waals surface area (Å²) in [6.45, 7) is 10.2. The Morgan fingerprint density at radius 3 is 2.00 bits per heavy atom. The molecular weight excluding hydrogens is 368 g/mol. The van der Waals surface area contributed by atoms with E-state index in [9.17, 15) is 8.42 Å². The molecule has 0 spiro atoms. The lowest BCUT2D eigenvalue weighted by Gasteiger charge is -2.37. The third kappa shape index (κ3) is 3.48. The number of nitrogens with zero attached hydrogens (tertiary/aromatic N) is 2. The number of anilines is 1. The van der Waals surface area contributed by atoms with Gasteiger partial charge in [0.2, 0.25) is 10.0 Å². The van der Waals surface area contributed by atoms with E-state index in [1.807, 2.05) is 6.92 Å². The van der Waals surface area contributed by atoms with Crippen molar-refractivity contribution in [1.82, 2.24) is 4.31 Å². The van der Waals surface area contributed by atoms with Gasteiger partial charge < -0.3 is 4.90 Å². The number of benzene rings is 2. The molecule has 0 atom stereocenters. The molecule has 0 radical (unpaired) electrons. The van der Waals surface area contributed by atoms with E-state index in [2.05, 4.69) is 36.9 Å². The van der Waals surface area contributed by atoms with Gasteiger partial charge in [0.05, 0.1) is 4.90 Å². The smallest absolute Gasteiger partial charge is 0.243 e. The predicted molar refractivity (Wildman–Crippen MR) is 108 cm³/mol. The average Bonchev–Trinajstić information content (AvgIpc) is 2.58. The van der Waals surface area contributed by atoms with E-state index in [1.54, 1.807) is 23.4 Å². The number of hydrogen-bond acceptors (Lipinski definition) is 3. The van der Waals surface area contributed by atoms with Crippen LogP contribution in [-0.4, -0.2) is 38.9 Å². The zero-order valence-corrected chi connectivity index (χ0v) is 17.3. The van der Waals surface area contributed by atoms with Crippen LogP contribution in [-0.2, 0) is 10.0 Å². The fraction of sp³-hybridized carbons (Fsp3) is 0.400. The molecule has 0 bridgehead atoms. The van der Waals surface area contributed by atoms with Gasteiger partial charge in [-0.25, -0.2) is 8.42 Å². The first-order chi connectivity index (χ1) is 12.2. The normalized spacial score (nSPS) is 16.1. The second-order valence-corrected chi connectivity index (χ2v) is 9.31. The monoisotopic (exact) mass is 392 g/mol. The first kappa shape index (κ1) is 19.2. The number of aryl methyl sites for hydroxylation is 4. The van der Waals surface area contributed by atoms with Gasteiger partial charge in [0.15, 0.2) is 0 Å². The largest absolute Gasteiger partial charge is 0.368 e. The molecule has 140 valence electrons. The van der Waals surface area contributed by atoms with E-state index in [0.717, 1.165) is 5.56 Å². The summed E-state index contributed by atoms with van der Waals surface area (Å²) in [7, 11) is -3.51. The number of piperazine rings is 1. The lowest BCUT2D eigenvalue weighted by molar-refractivity contribution is 0.384. The Morgan fingerprint density at radius 1 is 0.846 bits per heavy atom. The predicted octanol–water partition coefficient (Wildman–Crippen LogP) is 4.08. The van der Waals surface area contributed by atoms with Crippen LogP contribution < -0.4 is 4.90 Å². The highest BCUT2D eigenvalue weighted by Crippen LogP contribution is 2.29. The summed E-state index contributed by atoms with van der Waals surface area (Å²) in [5.74, 6) is 0. The van der Waals surface area contributed by atoms with Gasteiger partial charge in [-0.2, -0.15) is 4.31 Å². The van der Waals surface area contributed by atoms with Gasteiger partial charge in [-0.05, 0) is 62.1 Å². The number of para-hydroxylation sites is 1. The van der Waals surface area contributed by atoms with Crippen molar-refractivity contribution in [1.29, 1.82) is 0 Å². The molecule has 26 heavy (non-hydrogen) atoms. The molecule has 0 saturated carbocycles. The lowest BCUT2D eigenvalue weighted by Crippen LogP contribution is -2.49. The van der Waals surface area contributed by atoms with Crippen molar-refractivity contribution in [2.45, 2.75) is 32.6 Å². The molecule has 1 aliphatic heterocycles. The minimum absolute atomic E-state index is 0.361. The Hall–Kier alpha value is -1.56. The SMILES string of the molecule is Cc1cc(S(=O)(=O)N2CCN(c3c(C)cccc3C)CC2)c(C)cc1Cl. The third-order valence-electron chi connectivity index (χ3n) is 5.07. The highest BCUT2D eigenvalue weighted by atomic mass is 35.5. The molecule has 0 amide bonds. The number of halogens is 1. The van der Waals surface area contributed by atoms with E-state index in [0.29, 0.717) is 41.7 Å². The summed E-state index contributed by atoms with van der Waals surface area (Å²) in [4.78, 5) is 2.65. The van der Waals surface area contributed by atoms with Gasteiger partial charge >= 0.3 is 0 Å². The molecule has 1 fully saturated rings. The highest BCUT2D eigenvalue weighted by Gasteiger charge is 2.30. The van der Waals surface area contributed by atoms with Crippen LogP contribution >= 0.6 is 11.6 Å². The second kappa shape index (κ2) is 7.22. The molecule has 1 aliphatic rings. The van der Waals surface area contributed by atoms with Gasteiger partial charge in [-0.3, -0.25) is 0 Å². The van der Waals surface area contributed by atoms with Gasteiger partial charge in [0.25, 0.3) is 0 Å². The van der Waals surface area contributed by atoms with E-state index in [1.165, 1.54) is 16.8 Å². The van der Waals surface area contributed by atoms with E-state index in [-0.39, 0.29) is 0 Å². The summed E-state index contributed by atoms with van der Waals surface area (Å²) in [5.41, 5.74) is 5.15. The van der Waals surface area contributed by atoms with Crippen molar-refractivity contribution in [2.75, 3.05) is 31.1 Å². The minimum Gasteiger partial charge on any atom is -0.368 e. The molecule has 0 unspecified atom stereocenters. The first-order valence-electron chi connectivity index (χ1n) is 8.80. The molecule has 0 aliphatic carbocycles. The quantitative estimate of drug-likeness (QED) is 0.790. The third-order valence-corrected chi connectivity index (χ3v) is 7.52. The maximum atomic E-state index is 13.1. The van der Waals surface area contributed by atoms with Crippen molar-refractivity contribution < 1.29 is 8.42 Å². The topological polar surface area (TPSA) is 40.6 Å². The number of sulfonamides is 1. The standard InChI is InChI=1S/C20H25ClN2O2S/c1-14-6-5-7-15(2)20(14)22-8-10-23(11-9-22)26(24,25)19-13-16(3)18(21)12-17(19)4/h5-7,12-13H,8-11H2,1-4H3. The fourth-order valence-electron chi connectivity index (χ4n) is 3.63. The Labute approximate surface area is 161 Å². The molecule has 2 aromatic rings. The maximum absolute atomic E-state index is 13.1. The molecule has 1 saturated heterocycles. The van der Waals surface area contributed by atoms with Gasteiger partial charge in [-0.1, -0.05) is 29.8 Å². The zero-order chi connectivity index (χ0) is 19.1. The Morgan fingerprint density at radius 2 is 1.42 bits per heavy atom. The van der Waals surface area contributed by atoms with Crippen molar-refractivity contribution in [3.05, 3.63) is 57.6 Å². The second-order valence-electron chi connectivity index (χ2n) is 7.00. The van der Waals surface area contributed by atoms with Crippen LogP contribution in [0.2, 0.25) is 5.02 Å². The van der Waals surface area contributed by atoms with E-state index in [4.69, 9.17) is 11.6 Å². The zero-order valence-electron chi connectivity index (χ0n) is 15.7. The molecule has 2 aromatic carbocycles. The minimum atomic E-state index is -3.51. The van der Waals surface area contributed by atoms with Crippen molar-refractivity contribution >= 4 is 27.3 Å². The fourth-order valence-corrected chi connectivity index (χ4v) is 5.56. The molecule has 4 nitrogen and oxygen atoms in total. The Bertz CT molecular complexity index is 913. The van der Waals surface area contributed by atoms with Gasteiger partial charge in [0.1, 0.15) is 0 Å². The lowest BCUT2D eigenvalue weighted by atomic mass is 10.1. The van der Waals surface area contributed by atoms with Gasteiger partial charge in [-0.15, -0.1) is 0 Å². The number of hydrogen-bond donors (Lipinski definition) is 0. The summed E-state index contributed by atoms with van der Waals surface area (Å²) in [6.07, 6.45) is 0. The molecule has 3 rings (SSSR count). The molecule has 0 aromatic heterocycles. The summed E-state index contributed by atoms with van der Waals surface area (Å²) < 4.78 is 27.8.